The second kappa shape index (κ2) is 4.43. The molecule has 1 saturated carbocycles. The van der Waals surface area contributed by atoms with Gasteiger partial charge < -0.3 is 5.73 Å². The molecule has 2 N–H and O–H groups in total. The lowest BCUT2D eigenvalue weighted by atomic mass is 9.78. The number of rotatable bonds is 3. The molecule has 2 heteroatoms. The fourth-order valence-corrected chi connectivity index (χ4v) is 3.49. The van der Waals surface area contributed by atoms with Gasteiger partial charge in [-0.25, -0.2) is 0 Å². The number of hydrogen-bond acceptors (Lipinski definition) is 2. The summed E-state index contributed by atoms with van der Waals surface area (Å²) in [5.41, 5.74) is 8.98. The van der Waals surface area contributed by atoms with E-state index < -0.39 is 0 Å². The van der Waals surface area contributed by atoms with Gasteiger partial charge in [0, 0.05) is 26.2 Å². The van der Waals surface area contributed by atoms with E-state index >= 15 is 0 Å². The Morgan fingerprint density at radius 2 is 1.59 bits per heavy atom. The second-order valence-corrected chi connectivity index (χ2v) is 5.87. The summed E-state index contributed by atoms with van der Waals surface area (Å²) >= 11 is 0. The Balaban J connectivity index is 1.54. The molecule has 1 spiro atoms. The predicted octanol–water partition coefficient (Wildman–Crippen LogP) is 2.52. The van der Waals surface area contributed by atoms with Gasteiger partial charge in [-0.2, -0.15) is 0 Å². The second-order valence-electron chi connectivity index (χ2n) is 5.87. The van der Waals surface area contributed by atoms with Gasteiger partial charge in [-0.05, 0) is 29.4 Å². The zero-order chi connectivity index (χ0) is 11.7. The van der Waals surface area contributed by atoms with Crippen molar-refractivity contribution < 1.29 is 0 Å². The molecule has 1 aliphatic carbocycles. The highest BCUT2D eigenvalue weighted by molar-refractivity contribution is 5.22. The van der Waals surface area contributed by atoms with Gasteiger partial charge in [0.15, 0.2) is 0 Å². The van der Waals surface area contributed by atoms with Gasteiger partial charge in [0.05, 0.1) is 0 Å². The van der Waals surface area contributed by atoms with Gasteiger partial charge in [0.2, 0.25) is 0 Å². The molecular formula is C15H22N2. The standard InChI is InChI=1S/C15H22N2/c16-9-13-3-5-14(6-4-13)10-17-11-15(12-17)7-1-2-8-15/h3-6H,1-2,7-12,16H2. The van der Waals surface area contributed by atoms with Crippen LogP contribution in [0.25, 0.3) is 0 Å². The van der Waals surface area contributed by atoms with E-state index in [1.807, 2.05) is 0 Å². The molecule has 0 atom stereocenters. The lowest BCUT2D eigenvalue weighted by Crippen LogP contribution is -2.54. The molecule has 2 fully saturated rings. The molecule has 1 saturated heterocycles. The molecule has 1 aromatic carbocycles. The van der Waals surface area contributed by atoms with Gasteiger partial charge in [-0.1, -0.05) is 37.1 Å². The molecule has 1 heterocycles. The molecule has 0 bridgehead atoms. The smallest absolute Gasteiger partial charge is 0.0234 e. The van der Waals surface area contributed by atoms with Crippen molar-refractivity contribution in [1.82, 2.24) is 4.90 Å². The van der Waals surface area contributed by atoms with E-state index in [0.717, 1.165) is 12.0 Å². The highest BCUT2D eigenvalue weighted by Gasteiger charge is 2.44. The normalized spacial score (nSPS) is 22.9. The first-order valence-electron chi connectivity index (χ1n) is 6.80. The first kappa shape index (κ1) is 11.2. The van der Waals surface area contributed by atoms with Gasteiger partial charge >= 0.3 is 0 Å². The Bertz CT molecular complexity index is 368. The third-order valence-corrected chi connectivity index (χ3v) is 4.45. The molecular weight excluding hydrogens is 208 g/mol. The Morgan fingerprint density at radius 3 is 2.18 bits per heavy atom. The Hall–Kier alpha value is -0.860. The molecule has 1 aromatic rings. The average Bonchev–Trinajstić information content (AvgIpc) is 2.79. The van der Waals surface area contributed by atoms with Gasteiger partial charge in [-0.3, -0.25) is 4.90 Å². The summed E-state index contributed by atoms with van der Waals surface area (Å²) < 4.78 is 0. The largest absolute Gasteiger partial charge is 0.326 e. The maximum Gasteiger partial charge on any atom is 0.0234 e. The van der Waals surface area contributed by atoms with Crippen LogP contribution in [0.4, 0.5) is 0 Å². The van der Waals surface area contributed by atoms with Crippen molar-refractivity contribution in [3.8, 4) is 0 Å². The first-order valence-corrected chi connectivity index (χ1v) is 6.80. The summed E-state index contributed by atoms with van der Waals surface area (Å²) in [6.45, 7) is 4.41. The summed E-state index contributed by atoms with van der Waals surface area (Å²) in [5, 5.41) is 0. The van der Waals surface area contributed by atoms with Crippen molar-refractivity contribution >= 4 is 0 Å². The topological polar surface area (TPSA) is 29.3 Å². The summed E-state index contributed by atoms with van der Waals surface area (Å²) in [6.07, 6.45) is 5.85. The lowest BCUT2D eigenvalue weighted by molar-refractivity contribution is -0.000250. The van der Waals surface area contributed by atoms with E-state index in [9.17, 15) is 0 Å². The molecule has 0 amide bonds. The zero-order valence-corrected chi connectivity index (χ0v) is 10.5. The van der Waals surface area contributed by atoms with Crippen molar-refractivity contribution in [3.63, 3.8) is 0 Å². The van der Waals surface area contributed by atoms with Crippen molar-refractivity contribution in [2.24, 2.45) is 11.1 Å². The van der Waals surface area contributed by atoms with Crippen LogP contribution >= 0.6 is 0 Å². The van der Waals surface area contributed by atoms with E-state index in [0.29, 0.717) is 6.54 Å². The predicted molar refractivity (Wildman–Crippen MR) is 70.5 cm³/mol. The third kappa shape index (κ3) is 2.24. The minimum absolute atomic E-state index is 0.646. The minimum Gasteiger partial charge on any atom is -0.326 e. The van der Waals surface area contributed by atoms with Gasteiger partial charge in [0.1, 0.15) is 0 Å². The number of nitrogens with zero attached hydrogens (tertiary/aromatic N) is 1. The van der Waals surface area contributed by atoms with Crippen LogP contribution in [0.15, 0.2) is 24.3 Å². The van der Waals surface area contributed by atoms with Crippen molar-refractivity contribution in [1.29, 1.82) is 0 Å². The summed E-state index contributed by atoms with van der Waals surface area (Å²) in [6, 6.07) is 8.75. The van der Waals surface area contributed by atoms with Crippen LogP contribution < -0.4 is 5.73 Å². The molecule has 3 rings (SSSR count). The number of nitrogens with two attached hydrogens (primary N) is 1. The fourth-order valence-electron chi connectivity index (χ4n) is 3.49. The molecule has 0 unspecified atom stereocenters. The number of benzene rings is 1. The van der Waals surface area contributed by atoms with E-state index in [1.165, 1.54) is 49.9 Å². The molecule has 17 heavy (non-hydrogen) atoms. The van der Waals surface area contributed by atoms with Crippen molar-refractivity contribution in [3.05, 3.63) is 35.4 Å². The van der Waals surface area contributed by atoms with Crippen LogP contribution in [0.5, 0.6) is 0 Å². The van der Waals surface area contributed by atoms with Crippen molar-refractivity contribution in [2.75, 3.05) is 13.1 Å². The van der Waals surface area contributed by atoms with E-state index in [-0.39, 0.29) is 0 Å². The highest BCUT2D eigenvalue weighted by atomic mass is 15.2. The van der Waals surface area contributed by atoms with Crippen LogP contribution in [0, 0.1) is 5.41 Å². The van der Waals surface area contributed by atoms with Crippen LogP contribution in [-0.4, -0.2) is 18.0 Å². The maximum atomic E-state index is 5.61. The Kier molecular flexibility index (Phi) is 2.93. The minimum atomic E-state index is 0.646. The van der Waals surface area contributed by atoms with Crippen LogP contribution in [0.2, 0.25) is 0 Å². The van der Waals surface area contributed by atoms with Gasteiger partial charge in [-0.15, -0.1) is 0 Å². The fraction of sp³-hybridized carbons (Fsp3) is 0.600. The van der Waals surface area contributed by atoms with E-state index in [1.54, 1.807) is 0 Å². The highest BCUT2D eigenvalue weighted by Crippen LogP contribution is 2.45. The maximum absolute atomic E-state index is 5.61. The van der Waals surface area contributed by atoms with Crippen molar-refractivity contribution in [2.45, 2.75) is 38.8 Å². The number of hydrogen-bond donors (Lipinski definition) is 1. The quantitative estimate of drug-likeness (QED) is 0.864. The molecule has 0 aromatic heterocycles. The first-order chi connectivity index (χ1) is 8.30. The third-order valence-electron chi connectivity index (χ3n) is 4.45. The molecule has 2 nitrogen and oxygen atoms in total. The zero-order valence-electron chi connectivity index (χ0n) is 10.5. The Morgan fingerprint density at radius 1 is 1.00 bits per heavy atom. The summed E-state index contributed by atoms with van der Waals surface area (Å²) in [4.78, 5) is 2.59. The molecule has 2 aliphatic rings. The molecule has 0 radical (unpaired) electrons. The SMILES string of the molecule is NCc1ccc(CN2CC3(CCCC3)C2)cc1. The average molecular weight is 230 g/mol. The van der Waals surface area contributed by atoms with Crippen LogP contribution in [0.3, 0.4) is 0 Å². The molecule has 92 valence electrons. The summed E-state index contributed by atoms with van der Waals surface area (Å²) in [7, 11) is 0. The van der Waals surface area contributed by atoms with Crippen LogP contribution in [-0.2, 0) is 13.1 Å². The Labute approximate surface area is 104 Å². The van der Waals surface area contributed by atoms with Crippen LogP contribution in [0.1, 0.15) is 36.8 Å². The molecule has 1 aliphatic heterocycles. The monoisotopic (exact) mass is 230 g/mol. The number of likely N-dealkylation sites (tertiary alicyclic amines) is 1. The van der Waals surface area contributed by atoms with E-state index in [4.69, 9.17) is 5.73 Å². The lowest BCUT2D eigenvalue weighted by Gasteiger charge is -2.48. The van der Waals surface area contributed by atoms with E-state index in [2.05, 4.69) is 29.2 Å². The van der Waals surface area contributed by atoms with Gasteiger partial charge in [0.25, 0.3) is 0 Å². The summed E-state index contributed by atoms with van der Waals surface area (Å²) in [5.74, 6) is 0.